The Labute approximate surface area is 755 Å². The van der Waals surface area contributed by atoms with E-state index in [1.54, 1.807) is 0 Å². The summed E-state index contributed by atoms with van der Waals surface area (Å²) in [5.41, 5.74) is 41.7. The van der Waals surface area contributed by atoms with Gasteiger partial charge in [-0.2, -0.15) is 0 Å². The molecule has 606 valence electrons. The number of rotatable bonds is 15. The normalized spacial score (nSPS) is 12.9. The Hall–Kier alpha value is -16.9. The molecule has 21 aromatic carbocycles. The molecule has 26 rings (SSSR count). The molecular weight excluding hydrogens is 1570 g/mol. The van der Waals surface area contributed by atoms with Gasteiger partial charge in [0.05, 0.1) is 38.6 Å². The van der Waals surface area contributed by atoms with E-state index >= 15 is 0 Å². The summed E-state index contributed by atoms with van der Waals surface area (Å²) in [6, 6.07) is 186. The van der Waals surface area contributed by atoms with Crippen molar-refractivity contribution >= 4 is 88.5 Å². The van der Waals surface area contributed by atoms with E-state index in [4.69, 9.17) is 0 Å². The second-order valence-electron chi connectivity index (χ2n) is 34.9. The lowest BCUT2D eigenvalue weighted by Gasteiger charge is -2.35. The molecule has 4 nitrogen and oxygen atoms in total. The summed E-state index contributed by atoms with van der Waals surface area (Å²) >= 11 is 0. The fourth-order valence-electron chi connectivity index (χ4n) is 22.6. The summed E-state index contributed by atoms with van der Waals surface area (Å²) in [4.78, 5) is 4.97. The van der Waals surface area contributed by atoms with E-state index in [-0.39, 0.29) is 0 Å². The number of aromatic nitrogens is 2. The molecule has 0 N–H and O–H groups in total. The van der Waals surface area contributed by atoms with Crippen LogP contribution in [0.3, 0.4) is 0 Å². The zero-order chi connectivity index (χ0) is 85.5. The van der Waals surface area contributed by atoms with Crippen molar-refractivity contribution in [1.29, 1.82) is 0 Å². The molecule has 0 aliphatic heterocycles. The average molecular weight is 1650 g/mol. The maximum Gasteiger partial charge on any atom is 0.0726 e. The Bertz CT molecular complexity index is 8370. The van der Waals surface area contributed by atoms with Gasteiger partial charge in [0.2, 0.25) is 0 Å². The zero-order valence-corrected chi connectivity index (χ0v) is 71.1. The Morgan fingerprint density at radius 3 is 1.00 bits per heavy atom. The second-order valence-corrected chi connectivity index (χ2v) is 34.9. The fourth-order valence-corrected chi connectivity index (χ4v) is 22.6. The molecular formula is C126H82N4. The van der Waals surface area contributed by atoms with Gasteiger partial charge in [0.25, 0.3) is 0 Å². The van der Waals surface area contributed by atoms with Crippen LogP contribution in [-0.4, -0.2) is 9.13 Å². The molecule has 0 saturated carbocycles. The van der Waals surface area contributed by atoms with Crippen molar-refractivity contribution < 1.29 is 0 Å². The molecule has 1 spiro atoms. The molecule has 0 amide bonds. The molecule has 0 saturated heterocycles. The van der Waals surface area contributed by atoms with Crippen LogP contribution in [0.5, 0.6) is 0 Å². The minimum Gasteiger partial charge on any atom is -0.310 e. The quantitative estimate of drug-likeness (QED) is 0.102. The smallest absolute Gasteiger partial charge is 0.0726 e. The summed E-state index contributed by atoms with van der Waals surface area (Å²) in [5.74, 6) is 0. The van der Waals surface area contributed by atoms with Gasteiger partial charge in [-0.3, -0.25) is 0 Å². The van der Waals surface area contributed by atoms with Crippen molar-refractivity contribution in [2.24, 2.45) is 0 Å². The van der Waals surface area contributed by atoms with Gasteiger partial charge in [-0.05, 0) is 278 Å². The Morgan fingerprint density at radius 1 is 0.154 bits per heavy atom. The van der Waals surface area contributed by atoms with E-state index in [1.165, 1.54) is 122 Å². The van der Waals surface area contributed by atoms with E-state index < -0.39 is 10.8 Å². The van der Waals surface area contributed by atoms with E-state index in [0.29, 0.717) is 0 Å². The van der Waals surface area contributed by atoms with Crippen molar-refractivity contribution in [3.05, 3.63) is 542 Å². The lowest BCUT2D eigenvalue weighted by atomic mass is 9.67. The summed E-state index contributed by atoms with van der Waals surface area (Å²) in [6.45, 7) is 0. The third kappa shape index (κ3) is 11.4. The SMILES string of the molecule is c1ccc(N(c2cccc(-c3cccc(-c4ccc5c(c4)c4cc(-c6ccc(N(c7cccc(-c8ccc(-c9ccc%10c(c9)c9ccccc9n%10-c9ccccc9)cc8)c7)c7ccc8c(c7)C7(c9ccccc9-c9ccccc97)c7ccccc7-8)c7ccccc67)ccc4n5-c4ccccc4)c3)c2)c2ccc3c(c2)C(c2ccccc2)(c2ccccc2)c2ccccc2-3)cc1. The van der Waals surface area contributed by atoms with Crippen LogP contribution < -0.4 is 9.80 Å². The van der Waals surface area contributed by atoms with Crippen molar-refractivity contribution in [2.75, 3.05) is 9.80 Å². The van der Waals surface area contributed by atoms with Gasteiger partial charge >= 0.3 is 0 Å². The van der Waals surface area contributed by atoms with Crippen LogP contribution in [0, 0.1) is 0 Å². The minimum atomic E-state index is -0.549. The van der Waals surface area contributed by atoms with Gasteiger partial charge in [-0.25, -0.2) is 0 Å². The first-order valence-electron chi connectivity index (χ1n) is 45.1. The first kappa shape index (κ1) is 74.5. The highest BCUT2D eigenvalue weighted by Crippen LogP contribution is 2.64. The summed E-state index contributed by atoms with van der Waals surface area (Å²) in [5, 5.41) is 7.14. The van der Waals surface area contributed by atoms with E-state index in [0.717, 1.165) is 112 Å². The minimum absolute atomic E-state index is 0.547. The highest BCUT2D eigenvalue weighted by atomic mass is 15.2. The molecule has 130 heavy (non-hydrogen) atoms. The van der Waals surface area contributed by atoms with Crippen LogP contribution in [-0.2, 0) is 10.8 Å². The molecule has 3 aliphatic rings. The third-order valence-corrected chi connectivity index (χ3v) is 28.2. The summed E-state index contributed by atoms with van der Waals surface area (Å²) in [7, 11) is 0. The van der Waals surface area contributed by atoms with Crippen LogP contribution in [0.1, 0.15) is 44.5 Å². The highest BCUT2D eigenvalue weighted by molar-refractivity contribution is 6.15. The number of benzene rings is 21. The van der Waals surface area contributed by atoms with Gasteiger partial charge in [0, 0.05) is 66.7 Å². The first-order chi connectivity index (χ1) is 64.5. The number of para-hydroxylation sites is 4. The van der Waals surface area contributed by atoms with Gasteiger partial charge < -0.3 is 18.9 Å². The topological polar surface area (TPSA) is 16.3 Å². The zero-order valence-electron chi connectivity index (χ0n) is 71.1. The number of hydrogen-bond acceptors (Lipinski definition) is 2. The van der Waals surface area contributed by atoms with Crippen molar-refractivity contribution in [3.8, 4) is 100 Å². The third-order valence-electron chi connectivity index (χ3n) is 28.2. The number of nitrogens with zero attached hydrogens (tertiary/aromatic N) is 4. The Balaban J connectivity index is 0.589. The maximum atomic E-state index is 2.54. The molecule has 0 atom stereocenters. The van der Waals surface area contributed by atoms with Gasteiger partial charge in [0.15, 0.2) is 0 Å². The monoisotopic (exact) mass is 1650 g/mol. The van der Waals surface area contributed by atoms with Crippen molar-refractivity contribution in [3.63, 3.8) is 0 Å². The molecule has 0 unspecified atom stereocenters. The largest absolute Gasteiger partial charge is 0.310 e. The van der Waals surface area contributed by atoms with E-state index in [1.807, 2.05) is 0 Å². The predicted octanol–water partition coefficient (Wildman–Crippen LogP) is 33.0. The summed E-state index contributed by atoms with van der Waals surface area (Å²) < 4.78 is 4.83. The fraction of sp³-hybridized carbons (Fsp3) is 0.0159. The van der Waals surface area contributed by atoms with E-state index in [2.05, 4.69) is 516 Å². The lowest BCUT2D eigenvalue weighted by molar-refractivity contribution is 0.768. The van der Waals surface area contributed by atoms with Crippen molar-refractivity contribution in [1.82, 2.24) is 9.13 Å². The Morgan fingerprint density at radius 2 is 0.477 bits per heavy atom. The molecule has 3 aliphatic carbocycles. The molecule has 4 heteroatoms. The Kier molecular flexibility index (Phi) is 17.1. The second kappa shape index (κ2) is 29.9. The maximum absolute atomic E-state index is 2.54. The van der Waals surface area contributed by atoms with Crippen molar-refractivity contribution in [2.45, 2.75) is 10.8 Å². The standard InChI is InChI=1S/C126H82N4/c1-6-35-92(36-7-1)125(93-37-8-2-9-38-93)114-54-23-18-50-105(114)107-68-66-99(81-118(107)125)127(94-39-10-3-11-40-94)97-45-30-34-88(77-97)85-31-28-32-86(75-85)90-64-72-123-112(79-90)113-80-91(65-73-124(113)130(123)96-43-14-5-15-44-96)101-70-74-121(109-52-17-16-47-102(101)109)128(100-67-69-108-106-51-21-26-57-117(106)126(119(108)82-100)115-55-24-19-48-103(115)104-49-20-25-56-116(104)126)98-46-29-33-87(76-98)83-59-61-84(62-60-83)89-63-71-122-111(78-89)110-53-22-27-58-120(110)129(122)95-41-12-4-13-42-95/h1-82H. The number of fused-ring (bicyclic) bond motifs is 20. The van der Waals surface area contributed by atoms with Gasteiger partial charge in [-0.15, -0.1) is 0 Å². The van der Waals surface area contributed by atoms with Crippen LogP contribution in [0.15, 0.2) is 497 Å². The van der Waals surface area contributed by atoms with Gasteiger partial charge in [0.1, 0.15) is 0 Å². The predicted molar refractivity (Wildman–Crippen MR) is 543 cm³/mol. The van der Waals surface area contributed by atoms with Gasteiger partial charge in [-0.1, -0.05) is 358 Å². The van der Waals surface area contributed by atoms with Crippen LogP contribution in [0.2, 0.25) is 0 Å². The molecule has 2 heterocycles. The number of hydrogen-bond donors (Lipinski definition) is 0. The number of anilines is 6. The molecule has 0 radical (unpaired) electrons. The van der Waals surface area contributed by atoms with E-state index in [9.17, 15) is 0 Å². The van der Waals surface area contributed by atoms with Crippen LogP contribution >= 0.6 is 0 Å². The average Bonchev–Trinajstić information content (AvgIpc) is 1.51. The molecule has 23 aromatic rings. The summed E-state index contributed by atoms with van der Waals surface area (Å²) in [6.07, 6.45) is 0. The molecule has 2 aromatic heterocycles. The first-order valence-corrected chi connectivity index (χ1v) is 45.1. The molecule has 0 bridgehead atoms. The highest BCUT2D eigenvalue weighted by Gasteiger charge is 2.52. The molecule has 0 fully saturated rings. The lowest BCUT2D eigenvalue weighted by Crippen LogP contribution is -2.28. The van der Waals surface area contributed by atoms with Crippen LogP contribution in [0.4, 0.5) is 34.1 Å². The van der Waals surface area contributed by atoms with Crippen LogP contribution in [0.25, 0.3) is 155 Å².